The summed E-state index contributed by atoms with van der Waals surface area (Å²) >= 11 is 0. The summed E-state index contributed by atoms with van der Waals surface area (Å²) in [4.78, 5) is 13.8. The Bertz CT molecular complexity index is 281. The predicted molar refractivity (Wildman–Crippen MR) is 68.4 cm³/mol. The maximum atomic E-state index is 11.3. The molecule has 1 aliphatic carbocycles. The molecule has 0 spiro atoms. The molecule has 2 unspecified atom stereocenters. The molecule has 2 atom stereocenters. The Hall–Kier alpha value is -0.810. The number of amides is 1. The van der Waals surface area contributed by atoms with Crippen LogP contribution < -0.4 is 5.32 Å². The average Bonchev–Trinajstić information content (AvgIpc) is 2.26. The molecule has 1 heterocycles. The summed E-state index contributed by atoms with van der Waals surface area (Å²) in [5.74, 6) is 0.478. The lowest BCUT2D eigenvalue weighted by atomic mass is 9.85. The molecule has 2 fully saturated rings. The molecule has 0 bridgehead atoms. The molecule has 2 rings (SSSR count). The summed E-state index contributed by atoms with van der Waals surface area (Å²) in [6, 6.07) is 0.844. The van der Waals surface area contributed by atoms with Crippen molar-refractivity contribution < 1.29 is 14.6 Å². The second-order valence-electron chi connectivity index (χ2n) is 5.49. The zero-order valence-corrected chi connectivity index (χ0v) is 11.1. The number of carbonyl (C=O) groups excluding carboxylic acids is 1. The van der Waals surface area contributed by atoms with Crippen LogP contribution in [0.5, 0.6) is 0 Å². The predicted octanol–water partition coefficient (Wildman–Crippen LogP) is 0.968. The molecule has 5 heteroatoms. The molecule has 2 N–H and O–H groups in total. The first-order valence-electron chi connectivity index (χ1n) is 6.92. The van der Waals surface area contributed by atoms with Crippen LogP contribution in [0.15, 0.2) is 0 Å². The molecule has 18 heavy (non-hydrogen) atoms. The average molecular weight is 256 g/mol. The Morgan fingerprint density at radius 3 is 2.78 bits per heavy atom. The maximum absolute atomic E-state index is 11.3. The number of aliphatic hydroxyl groups excluding tert-OH is 1. The highest BCUT2D eigenvalue weighted by molar-refractivity contribution is 5.67. The molecule has 1 aliphatic heterocycles. The Morgan fingerprint density at radius 1 is 1.44 bits per heavy atom. The monoisotopic (exact) mass is 256 g/mol. The zero-order chi connectivity index (χ0) is 13.0. The number of piperidine rings is 1. The number of hydrogen-bond donors (Lipinski definition) is 2. The Labute approximate surface area is 108 Å². The smallest absolute Gasteiger partial charge is 0.407 e. The van der Waals surface area contributed by atoms with Crippen LogP contribution in [0.3, 0.4) is 0 Å². The Balaban J connectivity index is 1.90. The first-order chi connectivity index (χ1) is 8.72. The summed E-state index contributed by atoms with van der Waals surface area (Å²) in [6.45, 7) is 2.21. The normalized spacial score (nSPS) is 29.7. The van der Waals surface area contributed by atoms with Gasteiger partial charge in [0.05, 0.1) is 7.11 Å². The van der Waals surface area contributed by atoms with Crippen molar-refractivity contribution in [1.82, 2.24) is 10.2 Å². The fourth-order valence-electron chi connectivity index (χ4n) is 3.01. The van der Waals surface area contributed by atoms with Crippen molar-refractivity contribution in [2.45, 2.75) is 44.2 Å². The topological polar surface area (TPSA) is 61.8 Å². The molecular formula is C13H24N2O3. The lowest BCUT2D eigenvalue weighted by Crippen LogP contribution is -2.55. The van der Waals surface area contributed by atoms with Crippen molar-refractivity contribution in [2.75, 3.05) is 26.8 Å². The van der Waals surface area contributed by atoms with Gasteiger partial charge in [0.15, 0.2) is 0 Å². The van der Waals surface area contributed by atoms with E-state index in [1.807, 2.05) is 0 Å². The second kappa shape index (κ2) is 6.38. The van der Waals surface area contributed by atoms with Crippen molar-refractivity contribution in [3.8, 4) is 0 Å². The van der Waals surface area contributed by atoms with Gasteiger partial charge in [0.25, 0.3) is 0 Å². The lowest BCUT2D eigenvalue weighted by Gasteiger charge is -2.45. The van der Waals surface area contributed by atoms with E-state index in [-0.39, 0.29) is 18.7 Å². The summed E-state index contributed by atoms with van der Waals surface area (Å²) < 4.78 is 4.67. The molecule has 104 valence electrons. The number of aliphatic hydroxyl groups is 1. The van der Waals surface area contributed by atoms with Crippen molar-refractivity contribution in [2.24, 2.45) is 5.92 Å². The molecule has 5 nitrogen and oxygen atoms in total. The third-order valence-corrected chi connectivity index (χ3v) is 4.20. The van der Waals surface area contributed by atoms with Crippen molar-refractivity contribution in [1.29, 1.82) is 0 Å². The molecule has 1 saturated carbocycles. The number of likely N-dealkylation sites (tertiary alicyclic amines) is 1. The SMILES string of the molecule is COC(=O)NC1CC(CCO)CN(C2CCC2)C1. The van der Waals surface area contributed by atoms with E-state index in [0.717, 1.165) is 25.9 Å². The minimum atomic E-state index is -0.349. The van der Waals surface area contributed by atoms with E-state index in [1.165, 1.54) is 26.4 Å². The third kappa shape index (κ3) is 3.36. The van der Waals surface area contributed by atoms with Crippen LogP contribution in [-0.4, -0.2) is 55.0 Å². The van der Waals surface area contributed by atoms with E-state index in [1.54, 1.807) is 0 Å². The first-order valence-corrected chi connectivity index (χ1v) is 6.92. The summed E-state index contributed by atoms with van der Waals surface area (Å²) in [5.41, 5.74) is 0. The summed E-state index contributed by atoms with van der Waals surface area (Å²) in [5, 5.41) is 12.0. The summed E-state index contributed by atoms with van der Waals surface area (Å²) in [6.07, 6.45) is 5.29. The standard InChI is InChI=1S/C13H24N2O3/c1-18-13(17)14-11-7-10(5-6-16)8-15(9-11)12-3-2-4-12/h10-12,16H,2-9H2,1H3,(H,14,17). The van der Waals surface area contributed by atoms with Crippen molar-refractivity contribution in [3.05, 3.63) is 0 Å². The van der Waals surface area contributed by atoms with E-state index in [4.69, 9.17) is 5.11 Å². The highest BCUT2D eigenvalue weighted by Crippen LogP contribution is 2.30. The molecule has 1 saturated heterocycles. The van der Waals surface area contributed by atoms with Gasteiger partial charge >= 0.3 is 6.09 Å². The number of nitrogens with one attached hydrogen (secondary N) is 1. The number of alkyl carbamates (subject to hydrolysis) is 1. The van der Waals surface area contributed by atoms with Crippen LogP contribution in [0.2, 0.25) is 0 Å². The lowest BCUT2D eigenvalue weighted by molar-refractivity contribution is 0.0499. The molecule has 0 aromatic carbocycles. The van der Waals surface area contributed by atoms with Crippen LogP contribution in [0.25, 0.3) is 0 Å². The van der Waals surface area contributed by atoms with E-state index in [2.05, 4.69) is 15.0 Å². The number of ether oxygens (including phenoxy) is 1. The Kier molecular flexibility index (Phi) is 4.83. The van der Waals surface area contributed by atoms with Gasteiger partial charge in [-0.1, -0.05) is 6.42 Å². The largest absolute Gasteiger partial charge is 0.453 e. The zero-order valence-electron chi connectivity index (χ0n) is 11.1. The van der Waals surface area contributed by atoms with Gasteiger partial charge in [-0.3, -0.25) is 4.90 Å². The summed E-state index contributed by atoms with van der Waals surface area (Å²) in [7, 11) is 1.40. The first kappa shape index (κ1) is 13.6. The number of methoxy groups -OCH3 is 1. The number of carbonyl (C=O) groups is 1. The Morgan fingerprint density at radius 2 is 2.22 bits per heavy atom. The van der Waals surface area contributed by atoms with Gasteiger partial charge in [-0.25, -0.2) is 4.79 Å². The highest BCUT2D eigenvalue weighted by Gasteiger charge is 2.34. The van der Waals surface area contributed by atoms with Gasteiger partial charge in [0, 0.05) is 31.8 Å². The van der Waals surface area contributed by atoms with Gasteiger partial charge in [-0.2, -0.15) is 0 Å². The van der Waals surface area contributed by atoms with Crippen LogP contribution >= 0.6 is 0 Å². The van der Waals surface area contributed by atoms with Gasteiger partial charge < -0.3 is 15.2 Å². The van der Waals surface area contributed by atoms with Gasteiger partial charge in [0.2, 0.25) is 0 Å². The fourth-order valence-corrected chi connectivity index (χ4v) is 3.01. The number of rotatable bonds is 4. The van der Waals surface area contributed by atoms with E-state index >= 15 is 0 Å². The molecule has 0 radical (unpaired) electrons. The van der Waals surface area contributed by atoms with Crippen LogP contribution in [0.4, 0.5) is 4.79 Å². The van der Waals surface area contributed by atoms with Crippen LogP contribution in [-0.2, 0) is 4.74 Å². The third-order valence-electron chi connectivity index (χ3n) is 4.20. The van der Waals surface area contributed by atoms with Crippen LogP contribution in [0, 0.1) is 5.92 Å². The van der Waals surface area contributed by atoms with Gasteiger partial charge in [-0.05, 0) is 31.6 Å². The minimum absolute atomic E-state index is 0.156. The highest BCUT2D eigenvalue weighted by atomic mass is 16.5. The van der Waals surface area contributed by atoms with Crippen molar-refractivity contribution in [3.63, 3.8) is 0 Å². The van der Waals surface area contributed by atoms with Crippen LogP contribution in [0.1, 0.15) is 32.1 Å². The van der Waals surface area contributed by atoms with E-state index in [9.17, 15) is 4.79 Å². The van der Waals surface area contributed by atoms with Gasteiger partial charge in [-0.15, -0.1) is 0 Å². The maximum Gasteiger partial charge on any atom is 0.407 e. The number of nitrogens with zero attached hydrogens (tertiary/aromatic N) is 1. The van der Waals surface area contributed by atoms with E-state index in [0.29, 0.717) is 12.0 Å². The van der Waals surface area contributed by atoms with Gasteiger partial charge in [0.1, 0.15) is 0 Å². The van der Waals surface area contributed by atoms with E-state index < -0.39 is 0 Å². The molecule has 2 aliphatic rings. The molecule has 1 amide bonds. The quantitative estimate of drug-likeness (QED) is 0.787. The minimum Gasteiger partial charge on any atom is -0.453 e. The molecule has 0 aromatic heterocycles. The number of hydrogen-bond acceptors (Lipinski definition) is 4. The fraction of sp³-hybridized carbons (Fsp3) is 0.923. The second-order valence-corrected chi connectivity index (χ2v) is 5.49. The van der Waals surface area contributed by atoms with Crippen molar-refractivity contribution >= 4 is 6.09 Å². The molecule has 0 aromatic rings. The molecular weight excluding hydrogens is 232 g/mol.